The van der Waals surface area contributed by atoms with Crippen LogP contribution < -0.4 is 11.1 Å². The van der Waals surface area contributed by atoms with Crippen molar-refractivity contribution < 1.29 is 9.59 Å². The zero-order chi connectivity index (χ0) is 15.8. The molecule has 0 fully saturated rings. The maximum absolute atomic E-state index is 12.0. The van der Waals surface area contributed by atoms with Gasteiger partial charge in [-0.25, -0.2) is 0 Å². The molecule has 0 aromatic heterocycles. The monoisotopic (exact) mass is 286 g/mol. The van der Waals surface area contributed by atoms with Crippen molar-refractivity contribution in [1.82, 2.24) is 4.90 Å². The number of hydrogen-bond acceptors (Lipinski definition) is 4. The van der Waals surface area contributed by atoms with Crippen molar-refractivity contribution in [2.24, 2.45) is 5.73 Å². The molecule has 0 bridgehead atoms. The van der Waals surface area contributed by atoms with Crippen molar-refractivity contribution in [3.63, 3.8) is 0 Å². The summed E-state index contributed by atoms with van der Waals surface area (Å²) in [6, 6.07) is 8.97. The molecule has 3 N–H and O–H groups in total. The minimum atomic E-state index is -0.565. The molecule has 1 rings (SSSR count). The second-order valence-corrected chi connectivity index (χ2v) is 4.48. The average Bonchev–Trinajstić information content (AvgIpc) is 2.45. The fourth-order valence-electron chi connectivity index (χ4n) is 1.58. The van der Waals surface area contributed by atoms with Crippen LogP contribution in [0.1, 0.15) is 12.5 Å². The van der Waals surface area contributed by atoms with Gasteiger partial charge in [0.25, 0.3) is 5.91 Å². The van der Waals surface area contributed by atoms with E-state index in [1.54, 1.807) is 18.2 Å². The van der Waals surface area contributed by atoms with Crippen molar-refractivity contribution in [2.75, 3.05) is 18.4 Å². The third kappa shape index (κ3) is 5.09. The zero-order valence-electron chi connectivity index (χ0n) is 12.1. The number of anilines is 1. The summed E-state index contributed by atoms with van der Waals surface area (Å²) in [7, 11) is 0. The van der Waals surface area contributed by atoms with Gasteiger partial charge in [-0.3, -0.25) is 9.59 Å². The van der Waals surface area contributed by atoms with Crippen LogP contribution in [0, 0.1) is 18.3 Å². The molecule has 0 aliphatic heterocycles. The number of nitrogens with two attached hydrogens (primary N) is 1. The first-order valence-corrected chi connectivity index (χ1v) is 6.45. The molecular weight excluding hydrogens is 268 g/mol. The van der Waals surface area contributed by atoms with Crippen LogP contribution in [-0.4, -0.2) is 29.8 Å². The molecule has 0 atom stereocenters. The molecule has 110 valence electrons. The Morgan fingerprint density at radius 1 is 1.38 bits per heavy atom. The molecule has 0 aliphatic rings. The molecule has 0 saturated carbocycles. The van der Waals surface area contributed by atoms with Crippen LogP contribution in [0.2, 0.25) is 0 Å². The first-order chi connectivity index (χ1) is 9.97. The molecule has 1 aromatic carbocycles. The Labute approximate surface area is 123 Å². The number of nitriles is 1. The molecule has 2 amide bonds. The van der Waals surface area contributed by atoms with E-state index in [-0.39, 0.29) is 24.6 Å². The molecule has 0 radical (unpaired) electrons. The molecule has 0 saturated heterocycles. The molecule has 0 spiro atoms. The summed E-state index contributed by atoms with van der Waals surface area (Å²) in [6.45, 7) is 3.77. The standard InChI is InChI=1S/C15H18N4O2/c1-11-3-5-14(6-4-11)18-15(21)13(9-17)10-19(8-7-16)12(2)20/h3-6,10H,7-8,16H2,1-2H3,(H,18,21)/b13-10-. The highest BCUT2D eigenvalue weighted by atomic mass is 16.2. The summed E-state index contributed by atoms with van der Waals surface area (Å²) in [6.07, 6.45) is 1.22. The number of rotatable bonds is 5. The van der Waals surface area contributed by atoms with Gasteiger partial charge in [-0.2, -0.15) is 5.26 Å². The number of carbonyl (C=O) groups excluding carboxylic acids is 2. The first-order valence-electron chi connectivity index (χ1n) is 6.45. The predicted molar refractivity (Wildman–Crippen MR) is 79.9 cm³/mol. The highest BCUT2D eigenvalue weighted by Crippen LogP contribution is 2.10. The summed E-state index contributed by atoms with van der Waals surface area (Å²) in [5.74, 6) is -0.846. The van der Waals surface area contributed by atoms with Gasteiger partial charge in [-0.15, -0.1) is 0 Å². The fraction of sp³-hybridized carbons (Fsp3) is 0.267. The number of hydrogen-bond donors (Lipinski definition) is 2. The van der Waals surface area contributed by atoms with Crippen LogP contribution in [-0.2, 0) is 9.59 Å². The summed E-state index contributed by atoms with van der Waals surface area (Å²) in [4.78, 5) is 24.7. The number of nitrogens with zero attached hydrogens (tertiary/aromatic N) is 2. The number of aryl methyl sites for hydroxylation is 1. The quantitative estimate of drug-likeness (QED) is 0.626. The van der Waals surface area contributed by atoms with Crippen molar-refractivity contribution in [1.29, 1.82) is 5.26 Å². The topological polar surface area (TPSA) is 99.2 Å². The van der Waals surface area contributed by atoms with E-state index in [0.717, 1.165) is 5.56 Å². The van der Waals surface area contributed by atoms with Crippen molar-refractivity contribution in [3.05, 3.63) is 41.6 Å². The highest BCUT2D eigenvalue weighted by Gasteiger charge is 2.13. The maximum Gasteiger partial charge on any atom is 0.267 e. The summed E-state index contributed by atoms with van der Waals surface area (Å²) in [5, 5.41) is 11.7. The Hall–Kier alpha value is -2.65. The molecule has 0 unspecified atom stereocenters. The van der Waals surface area contributed by atoms with E-state index in [1.807, 2.05) is 19.1 Å². The van der Waals surface area contributed by atoms with Gasteiger partial charge < -0.3 is 16.0 Å². The lowest BCUT2D eigenvalue weighted by Gasteiger charge is -2.15. The molecule has 0 heterocycles. The highest BCUT2D eigenvalue weighted by molar-refractivity contribution is 6.06. The first kappa shape index (κ1) is 16.4. The number of carbonyl (C=O) groups is 2. The Morgan fingerprint density at radius 2 is 2.00 bits per heavy atom. The third-order valence-electron chi connectivity index (χ3n) is 2.73. The van der Waals surface area contributed by atoms with Gasteiger partial charge >= 0.3 is 0 Å². The number of nitrogens with one attached hydrogen (secondary N) is 1. The lowest BCUT2D eigenvalue weighted by atomic mass is 10.2. The fourth-order valence-corrected chi connectivity index (χ4v) is 1.58. The summed E-state index contributed by atoms with van der Waals surface area (Å²) >= 11 is 0. The van der Waals surface area contributed by atoms with Crippen LogP contribution in [0.5, 0.6) is 0 Å². The Balaban J connectivity index is 2.88. The van der Waals surface area contributed by atoms with E-state index < -0.39 is 5.91 Å². The van der Waals surface area contributed by atoms with Crippen LogP contribution in [0.25, 0.3) is 0 Å². The van der Waals surface area contributed by atoms with Crippen LogP contribution in [0.15, 0.2) is 36.0 Å². The second kappa shape index (κ2) is 7.82. The summed E-state index contributed by atoms with van der Waals surface area (Å²) < 4.78 is 0. The minimum Gasteiger partial charge on any atom is -0.329 e. The predicted octanol–water partition coefficient (Wildman–Crippen LogP) is 1.15. The van der Waals surface area contributed by atoms with Gasteiger partial charge in [-0.05, 0) is 19.1 Å². The summed E-state index contributed by atoms with van der Waals surface area (Å²) in [5.41, 5.74) is 6.89. The Kier molecular flexibility index (Phi) is 6.11. The largest absolute Gasteiger partial charge is 0.329 e. The number of benzene rings is 1. The molecule has 0 aliphatic carbocycles. The second-order valence-electron chi connectivity index (χ2n) is 4.48. The van der Waals surface area contributed by atoms with Gasteiger partial charge in [0.1, 0.15) is 11.6 Å². The van der Waals surface area contributed by atoms with Gasteiger partial charge in [0.2, 0.25) is 5.91 Å². The van der Waals surface area contributed by atoms with Crippen molar-refractivity contribution in [2.45, 2.75) is 13.8 Å². The third-order valence-corrected chi connectivity index (χ3v) is 2.73. The lowest BCUT2D eigenvalue weighted by molar-refractivity contribution is -0.126. The van der Waals surface area contributed by atoms with Crippen LogP contribution >= 0.6 is 0 Å². The number of amides is 2. The molecule has 1 aromatic rings. The van der Waals surface area contributed by atoms with E-state index in [0.29, 0.717) is 5.69 Å². The van der Waals surface area contributed by atoms with Crippen LogP contribution in [0.3, 0.4) is 0 Å². The maximum atomic E-state index is 12.0. The van der Waals surface area contributed by atoms with Gasteiger partial charge in [-0.1, -0.05) is 17.7 Å². The minimum absolute atomic E-state index is 0.153. The van der Waals surface area contributed by atoms with E-state index in [2.05, 4.69) is 5.32 Å². The van der Waals surface area contributed by atoms with E-state index in [4.69, 9.17) is 11.0 Å². The van der Waals surface area contributed by atoms with Crippen molar-refractivity contribution >= 4 is 17.5 Å². The molecule has 6 nitrogen and oxygen atoms in total. The normalized spacial score (nSPS) is 10.7. The molecule has 6 heteroatoms. The van der Waals surface area contributed by atoms with E-state index in [1.165, 1.54) is 18.0 Å². The van der Waals surface area contributed by atoms with Crippen molar-refractivity contribution in [3.8, 4) is 6.07 Å². The lowest BCUT2D eigenvalue weighted by Crippen LogP contribution is -2.30. The average molecular weight is 286 g/mol. The van der Waals surface area contributed by atoms with Crippen LogP contribution in [0.4, 0.5) is 5.69 Å². The van der Waals surface area contributed by atoms with Gasteiger partial charge in [0, 0.05) is 31.9 Å². The smallest absolute Gasteiger partial charge is 0.267 e. The zero-order valence-corrected chi connectivity index (χ0v) is 12.1. The Bertz CT molecular complexity index is 585. The van der Waals surface area contributed by atoms with Gasteiger partial charge in [0.05, 0.1) is 0 Å². The van der Waals surface area contributed by atoms with E-state index in [9.17, 15) is 9.59 Å². The Morgan fingerprint density at radius 3 is 2.48 bits per heavy atom. The SMILES string of the molecule is CC(=O)N(/C=C(/C#N)C(=O)Nc1ccc(C)cc1)CCN. The molecule has 21 heavy (non-hydrogen) atoms. The molecular formula is C15H18N4O2. The van der Waals surface area contributed by atoms with Gasteiger partial charge in [0.15, 0.2) is 0 Å². The van der Waals surface area contributed by atoms with E-state index >= 15 is 0 Å².